The van der Waals surface area contributed by atoms with Gasteiger partial charge in [-0.1, -0.05) is 24.6 Å². The number of hydrogen-bond acceptors (Lipinski definition) is 5. The number of para-hydroxylation sites is 1. The highest BCUT2D eigenvalue weighted by atomic mass is 16.5. The van der Waals surface area contributed by atoms with Crippen molar-refractivity contribution in [2.45, 2.75) is 38.6 Å². The molecule has 0 saturated carbocycles. The van der Waals surface area contributed by atoms with E-state index in [-0.39, 0.29) is 25.0 Å². The third kappa shape index (κ3) is 5.80. The number of aryl methyl sites for hydroxylation is 1. The topological polar surface area (TPSA) is 98.1 Å². The summed E-state index contributed by atoms with van der Waals surface area (Å²) in [6.45, 7) is 1.22. The fourth-order valence-electron chi connectivity index (χ4n) is 3.00. The Morgan fingerprint density at radius 1 is 1.04 bits per heavy atom. The summed E-state index contributed by atoms with van der Waals surface area (Å²) in [5.74, 6) is 1.99. The molecule has 1 aromatic carbocycles. The van der Waals surface area contributed by atoms with Gasteiger partial charge in [0.25, 0.3) is 5.91 Å². The van der Waals surface area contributed by atoms with Gasteiger partial charge in [0.05, 0.1) is 6.54 Å². The third-order valence-electron chi connectivity index (χ3n) is 4.42. The van der Waals surface area contributed by atoms with Crippen molar-refractivity contribution in [2.75, 3.05) is 19.7 Å². The summed E-state index contributed by atoms with van der Waals surface area (Å²) in [6.07, 6.45) is 5.11. The van der Waals surface area contributed by atoms with Crippen LogP contribution in [-0.4, -0.2) is 46.3 Å². The smallest absolute Gasteiger partial charge is 0.258 e. The maximum atomic E-state index is 11.9. The van der Waals surface area contributed by atoms with Gasteiger partial charge in [-0.15, -0.1) is 10.2 Å². The molecule has 8 nitrogen and oxygen atoms in total. The standard InChI is InChI=1S/C19H25N5O3/c25-18(13-21-19(26)14-27-15-7-3-1-4-8-15)20-11-10-17-23-22-16-9-5-2-6-12-24(16)17/h1,3-4,7-8H,2,5-6,9-14H2,(H,20,25)(H,21,26). The molecule has 0 radical (unpaired) electrons. The van der Waals surface area contributed by atoms with Crippen LogP contribution in [-0.2, 0) is 29.0 Å². The number of carbonyl (C=O) groups is 2. The maximum Gasteiger partial charge on any atom is 0.258 e. The number of ether oxygens (including phenoxy) is 1. The van der Waals surface area contributed by atoms with Crippen molar-refractivity contribution < 1.29 is 14.3 Å². The predicted octanol–water partition coefficient (Wildman–Crippen LogP) is 0.858. The molecule has 0 atom stereocenters. The molecule has 1 aromatic heterocycles. The number of benzene rings is 1. The minimum absolute atomic E-state index is 0.0745. The lowest BCUT2D eigenvalue weighted by molar-refractivity contribution is -0.127. The van der Waals surface area contributed by atoms with Gasteiger partial charge < -0.3 is 19.9 Å². The summed E-state index contributed by atoms with van der Waals surface area (Å²) in [7, 11) is 0. The molecule has 2 heterocycles. The first-order chi connectivity index (χ1) is 13.2. The monoisotopic (exact) mass is 371 g/mol. The molecule has 2 N–H and O–H groups in total. The Morgan fingerprint density at radius 3 is 2.74 bits per heavy atom. The minimum Gasteiger partial charge on any atom is -0.484 e. The van der Waals surface area contributed by atoms with Crippen LogP contribution in [0.4, 0.5) is 0 Å². The van der Waals surface area contributed by atoms with E-state index in [1.54, 1.807) is 12.1 Å². The first kappa shape index (κ1) is 18.9. The average Bonchev–Trinajstić information content (AvgIpc) is 2.92. The van der Waals surface area contributed by atoms with Crippen molar-refractivity contribution in [2.24, 2.45) is 0 Å². The lowest BCUT2D eigenvalue weighted by Crippen LogP contribution is -2.39. The lowest BCUT2D eigenvalue weighted by Gasteiger charge is -2.09. The van der Waals surface area contributed by atoms with Crippen LogP contribution in [0.15, 0.2) is 30.3 Å². The molecule has 0 fully saturated rings. The molecule has 0 aliphatic carbocycles. The Hall–Kier alpha value is -2.90. The van der Waals surface area contributed by atoms with Crippen LogP contribution in [0.25, 0.3) is 0 Å². The van der Waals surface area contributed by atoms with Crippen molar-refractivity contribution in [3.05, 3.63) is 42.0 Å². The van der Waals surface area contributed by atoms with E-state index in [1.807, 2.05) is 18.2 Å². The molecule has 3 rings (SSSR count). The molecule has 0 bridgehead atoms. The van der Waals surface area contributed by atoms with Crippen LogP contribution in [0.2, 0.25) is 0 Å². The van der Waals surface area contributed by atoms with Crippen molar-refractivity contribution in [1.29, 1.82) is 0 Å². The summed E-state index contributed by atoms with van der Waals surface area (Å²) < 4.78 is 7.50. The van der Waals surface area contributed by atoms with E-state index < -0.39 is 0 Å². The second-order valence-corrected chi connectivity index (χ2v) is 6.47. The highest BCUT2D eigenvalue weighted by Gasteiger charge is 2.14. The molecule has 2 aromatic rings. The first-order valence-electron chi connectivity index (χ1n) is 9.34. The highest BCUT2D eigenvalue weighted by Crippen LogP contribution is 2.14. The van der Waals surface area contributed by atoms with Crippen molar-refractivity contribution >= 4 is 11.8 Å². The van der Waals surface area contributed by atoms with E-state index in [1.165, 1.54) is 6.42 Å². The van der Waals surface area contributed by atoms with Gasteiger partial charge in [0.2, 0.25) is 5.91 Å². The number of aromatic nitrogens is 3. The number of nitrogens with zero attached hydrogens (tertiary/aromatic N) is 3. The van der Waals surface area contributed by atoms with Crippen LogP contribution in [0.5, 0.6) is 5.75 Å². The van der Waals surface area contributed by atoms with E-state index in [0.29, 0.717) is 18.7 Å². The summed E-state index contributed by atoms with van der Waals surface area (Å²) in [6, 6.07) is 9.06. The average molecular weight is 371 g/mol. The van der Waals surface area contributed by atoms with Gasteiger partial charge in [0.1, 0.15) is 17.4 Å². The van der Waals surface area contributed by atoms with Gasteiger partial charge in [0, 0.05) is 25.9 Å². The summed E-state index contributed by atoms with van der Waals surface area (Å²) >= 11 is 0. The number of carbonyl (C=O) groups excluding carboxylic acids is 2. The van der Waals surface area contributed by atoms with Crippen LogP contribution >= 0.6 is 0 Å². The number of hydrogen-bond donors (Lipinski definition) is 2. The Labute approximate surface area is 158 Å². The van der Waals surface area contributed by atoms with Gasteiger partial charge in [-0.2, -0.15) is 0 Å². The van der Waals surface area contributed by atoms with E-state index in [9.17, 15) is 9.59 Å². The number of amides is 2. The van der Waals surface area contributed by atoms with E-state index in [0.717, 1.165) is 37.5 Å². The lowest BCUT2D eigenvalue weighted by atomic mass is 10.2. The molecule has 0 unspecified atom stereocenters. The molecule has 0 spiro atoms. The summed E-state index contributed by atoms with van der Waals surface area (Å²) in [5.41, 5.74) is 0. The van der Waals surface area contributed by atoms with Crippen molar-refractivity contribution in [3.8, 4) is 5.75 Å². The molecule has 27 heavy (non-hydrogen) atoms. The van der Waals surface area contributed by atoms with Crippen LogP contribution < -0.4 is 15.4 Å². The van der Waals surface area contributed by atoms with E-state index in [2.05, 4.69) is 25.4 Å². The van der Waals surface area contributed by atoms with Crippen molar-refractivity contribution in [3.63, 3.8) is 0 Å². The van der Waals surface area contributed by atoms with Crippen molar-refractivity contribution in [1.82, 2.24) is 25.4 Å². The first-order valence-corrected chi connectivity index (χ1v) is 9.34. The van der Waals surface area contributed by atoms with Crippen LogP contribution in [0.1, 0.15) is 30.9 Å². The van der Waals surface area contributed by atoms with Crippen LogP contribution in [0.3, 0.4) is 0 Å². The number of rotatable bonds is 8. The zero-order chi connectivity index (χ0) is 18.9. The second kappa shape index (κ2) is 9.70. The normalized spacial score (nSPS) is 13.3. The van der Waals surface area contributed by atoms with E-state index >= 15 is 0 Å². The SMILES string of the molecule is O=C(CNC(=O)COc1ccccc1)NCCc1nnc2n1CCCCC2. The number of fused-ring (bicyclic) bond motifs is 1. The Morgan fingerprint density at radius 2 is 1.89 bits per heavy atom. The largest absolute Gasteiger partial charge is 0.484 e. The molecule has 2 amide bonds. The predicted molar refractivity (Wildman–Crippen MR) is 99.2 cm³/mol. The minimum atomic E-state index is -0.336. The molecule has 1 aliphatic rings. The Bertz CT molecular complexity index is 760. The molecular weight excluding hydrogens is 346 g/mol. The zero-order valence-corrected chi connectivity index (χ0v) is 15.3. The number of nitrogens with one attached hydrogen (secondary N) is 2. The fraction of sp³-hybridized carbons (Fsp3) is 0.474. The summed E-state index contributed by atoms with van der Waals surface area (Å²) in [4.78, 5) is 23.6. The van der Waals surface area contributed by atoms with Gasteiger partial charge in [0.15, 0.2) is 6.61 Å². The van der Waals surface area contributed by atoms with Gasteiger partial charge in [-0.3, -0.25) is 9.59 Å². The molecule has 0 saturated heterocycles. The Balaban J connectivity index is 1.33. The molecule has 144 valence electrons. The molecule has 1 aliphatic heterocycles. The maximum absolute atomic E-state index is 11.9. The van der Waals surface area contributed by atoms with Gasteiger partial charge in [-0.05, 0) is 25.0 Å². The zero-order valence-electron chi connectivity index (χ0n) is 15.3. The third-order valence-corrected chi connectivity index (χ3v) is 4.42. The molecule has 8 heteroatoms. The fourth-order valence-corrected chi connectivity index (χ4v) is 3.00. The summed E-state index contributed by atoms with van der Waals surface area (Å²) in [5, 5.41) is 13.8. The van der Waals surface area contributed by atoms with Gasteiger partial charge in [-0.25, -0.2) is 0 Å². The quantitative estimate of drug-likeness (QED) is 0.717. The second-order valence-electron chi connectivity index (χ2n) is 6.47. The van der Waals surface area contributed by atoms with Crippen LogP contribution in [0, 0.1) is 0 Å². The Kier molecular flexibility index (Phi) is 6.78. The molecular formula is C19H25N5O3. The van der Waals surface area contributed by atoms with Gasteiger partial charge >= 0.3 is 0 Å². The van der Waals surface area contributed by atoms with E-state index in [4.69, 9.17) is 4.74 Å². The highest BCUT2D eigenvalue weighted by molar-refractivity contribution is 5.85.